The first-order chi connectivity index (χ1) is 16.5. The number of halogens is 2. The molecular formula is C24H26F2N4O3S. The molecule has 1 saturated heterocycles. The van der Waals surface area contributed by atoms with Crippen LogP contribution in [0.3, 0.4) is 0 Å². The summed E-state index contributed by atoms with van der Waals surface area (Å²) in [5, 5.41) is 16.4. The topological polar surface area (TPSA) is 86.7 Å². The Labute approximate surface area is 200 Å². The molecule has 7 nitrogen and oxygen atoms in total. The summed E-state index contributed by atoms with van der Waals surface area (Å²) in [5.74, 6) is -2.04. The molecule has 10 heteroatoms. The van der Waals surface area contributed by atoms with Gasteiger partial charge < -0.3 is 15.2 Å². The van der Waals surface area contributed by atoms with Gasteiger partial charge >= 0.3 is 6.03 Å². The number of carbonyl (C=O) groups excluding carboxylic acids is 1. The lowest BCUT2D eigenvalue weighted by atomic mass is 9.94. The van der Waals surface area contributed by atoms with Crippen molar-refractivity contribution in [3.8, 4) is 11.3 Å². The Morgan fingerprint density at radius 3 is 2.71 bits per heavy atom. The first-order valence-electron chi connectivity index (χ1n) is 10.9. The van der Waals surface area contributed by atoms with Crippen LogP contribution in [0, 0.1) is 11.6 Å². The number of likely N-dealkylation sites (tertiary alicyclic amines) is 1. The molecule has 1 aliphatic heterocycles. The van der Waals surface area contributed by atoms with Gasteiger partial charge in [0.2, 0.25) is 0 Å². The lowest BCUT2D eigenvalue weighted by Gasteiger charge is -2.20. The highest BCUT2D eigenvalue weighted by atomic mass is 32.1. The highest BCUT2D eigenvalue weighted by Gasteiger charge is 2.35. The van der Waals surface area contributed by atoms with Gasteiger partial charge in [0.15, 0.2) is 11.6 Å². The van der Waals surface area contributed by atoms with Crippen LogP contribution in [-0.2, 0) is 11.3 Å². The number of methoxy groups -OCH3 is 1. The van der Waals surface area contributed by atoms with Crippen LogP contribution in [0.1, 0.15) is 16.5 Å². The number of ether oxygens (including phenoxy) is 1. The number of amides is 2. The maximum absolute atomic E-state index is 13.9. The third kappa shape index (κ3) is 5.58. The SMILES string of the molecule is COCCN1CC(NC(=O)Nc2sc(CO)nc2-c2ccccc2)C(c2ccc(F)c(F)c2)C1. The smallest absolute Gasteiger partial charge is 0.320 e. The molecule has 1 aromatic heterocycles. The van der Waals surface area contributed by atoms with Crippen molar-refractivity contribution in [3.05, 3.63) is 70.7 Å². The van der Waals surface area contributed by atoms with Gasteiger partial charge in [-0.1, -0.05) is 47.7 Å². The molecule has 2 heterocycles. The van der Waals surface area contributed by atoms with Crippen LogP contribution < -0.4 is 10.6 Å². The average Bonchev–Trinajstić information content (AvgIpc) is 3.43. The first-order valence-corrected chi connectivity index (χ1v) is 11.7. The molecule has 180 valence electrons. The molecule has 1 fully saturated rings. The van der Waals surface area contributed by atoms with Crippen LogP contribution >= 0.6 is 11.3 Å². The van der Waals surface area contributed by atoms with Crippen molar-refractivity contribution < 1.29 is 23.4 Å². The van der Waals surface area contributed by atoms with E-state index in [1.807, 2.05) is 30.3 Å². The Kier molecular flexibility index (Phi) is 7.84. The van der Waals surface area contributed by atoms with Crippen molar-refractivity contribution in [1.82, 2.24) is 15.2 Å². The Bertz CT molecular complexity index is 1130. The predicted molar refractivity (Wildman–Crippen MR) is 127 cm³/mol. The summed E-state index contributed by atoms with van der Waals surface area (Å²) in [6.07, 6.45) is 0. The fourth-order valence-corrected chi connectivity index (χ4v) is 4.97. The van der Waals surface area contributed by atoms with E-state index in [1.165, 1.54) is 17.4 Å². The summed E-state index contributed by atoms with van der Waals surface area (Å²) >= 11 is 1.20. The highest BCUT2D eigenvalue weighted by molar-refractivity contribution is 7.16. The van der Waals surface area contributed by atoms with Gasteiger partial charge in [-0.05, 0) is 17.7 Å². The number of aliphatic hydroxyl groups is 1. The van der Waals surface area contributed by atoms with Crippen LogP contribution in [0.15, 0.2) is 48.5 Å². The maximum Gasteiger partial charge on any atom is 0.320 e. The molecule has 2 atom stereocenters. The summed E-state index contributed by atoms with van der Waals surface area (Å²) in [6, 6.07) is 12.5. The van der Waals surface area contributed by atoms with Crippen molar-refractivity contribution >= 4 is 22.4 Å². The van der Waals surface area contributed by atoms with Gasteiger partial charge in [0.25, 0.3) is 0 Å². The summed E-state index contributed by atoms with van der Waals surface area (Å²) in [5.41, 5.74) is 2.02. The quantitative estimate of drug-likeness (QED) is 0.449. The Hall–Kier alpha value is -2.92. The van der Waals surface area contributed by atoms with Crippen LogP contribution in [0.25, 0.3) is 11.3 Å². The first kappa shape index (κ1) is 24.2. The Morgan fingerprint density at radius 2 is 2.00 bits per heavy atom. The van der Waals surface area contributed by atoms with Crippen molar-refractivity contribution in [3.63, 3.8) is 0 Å². The fraction of sp³-hybridized carbons (Fsp3) is 0.333. The molecule has 1 aliphatic rings. The van der Waals surface area contributed by atoms with E-state index in [1.54, 1.807) is 13.2 Å². The molecule has 0 spiro atoms. The van der Waals surface area contributed by atoms with Crippen molar-refractivity contribution in [1.29, 1.82) is 0 Å². The van der Waals surface area contributed by atoms with Gasteiger partial charge in [0.05, 0.1) is 19.3 Å². The second-order valence-corrected chi connectivity index (χ2v) is 9.13. The van der Waals surface area contributed by atoms with Crippen LogP contribution in [-0.4, -0.2) is 60.4 Å². The van der Waals surface area contributed by atoms with Crippen molar-refractivity contribution in [2.75, 3.05) is 38.7 Å². The minimum Gasteiger partial charge on any atom is -0.389 e. The van der Waals surface area contributed by atoms with E-state index in [9.17, 15) is 18.7 Å². The van der Waals surface area contributed by atoms with E-state index in [4.69, 9.17) is 4.74 Å². The molecular weight excluding hydrogens is 462 g/mol. The maximum atomic E-state index is 13.9. The number of rotatable bonds is 8. The lowest BCUT2D eigenvalue weighted by molar-refractivity contribution is 0.159. The molecule has 2 aromatic carbocycles. The zero-order valence-corrected chi connectivity index (χ0v) is 19.4. The second kappa shape index (κ2) is 11.0. The number of hydrogen-bond acceptors (Lipinski definition) is 6. The number of aliphatic hydroxyl groups excluding tert-OH is 1. The largest absolute Gasteiger partial charge is 0.389 e. The number of urea groups is 1. The summed E-state index contributed by atoms with van der Waals surface area (Å²) in [6.45, 7) is 2.06. The number of carbonyl (C=O) groups is 1. The third-order valence-electron chi connectivity index (χ3n) is 5.78. The van der Waals surface area contributed by atoms with Crippen LogP contribution in [0.5, 0.6) is 0 Å². The number of aromatic nitrogens is 1. The minimum absolute atomic E-state index is 0.222. The summed E-state index contributed by atoms with van der Waals surface area (Å²) in [4.78, 5) is 19.5. The van der Waals surface area contributed by atoms with Gasteiger partial charge in [0, 0.05) is 38.2 Å². The van der Waals surface area contributed by atoms with Gasteiger partial charge in [-0.15, -0.1) is 0 Å². The van der Waals surface area contributed by atoms with E-state index >= 15 is 0 Å². The molecule has 0 radical (unpaired) electrons. The molecule has 3 N–H and O–H groups in total. The number of nitrogens with one attached hydrogen (secondary N) is 2. The van der Waals surface area contributed by atoms with Gasteiger partial charge in [0.1, 0.15) is 15.7 Å². The van der Waals surface area contributed by atoms with E-state index in [2.05, 4.69) is 20.5 Å². The standard InChI is InChI=1S/C24H26F2N4O3S/c1-33-10-9-30-12-17(16-7-8-18(25)19(26)11-16)20(13-30)27-24(32)29-23-22(28-21(14-31)34-23)15-5-3-2-4-6-15/h2-8,11,17,20,31H,9-10,12-14H2,1H3,(H2,27,29,32). The number of hydrogen-bond donors (Lipinski definition) is 3. The zero-order chi connectivity index (χ0) is 24.1. The van der Waals surface area contributed by atoms with Gasteiger partial charge in [-0.3, -0.25) is 10.2 Å². The molecule has 2 unspecified atom stereocenters. The average molecular weight is 489 g/mol. The Morgan fingerprint density at radius 1 is 1.21 bits per heavy atom. The van der Waals surface area contributed by atoms with Gasteiger partial charge in [-0.2, -0.15) is 0 Å². The van der Waals surface area contributed by atoms with E-state index in [0.717, 1.165) is 11.6 Å². The van der Waals surface area contributed by atoms with Crippen LogP contribution in [0.2, 0.25) is 0 Å². The number of nitrogens with zero attached hydrogens (tertiary/aromatic N) is 2. The molecule has 3 aromatic rings. The zero-order valence-electron chi connectivity index (χ0n) is 18.6. The molecule has 0 aliphatic carbocycles. The summed E-state index contributed by atoms with van der Waals surface area (Å²) in [7, 11) is 1.62. The second-order valence-electron chi connectivity index (χ2n) is 8.05. The van der Waals surface area contributed by atoms with Crippen molar-refractivity contribution in [2.45, 2.75) is 18.6 Å². The predicted octanol–water partition coefficient (Wildman–Crippen LogP) is 3.82. The number of thiazole rings is 1. The summed E-state index contributed by atoms with van der Waals surface area (Å²) < 4.78 is 32.6. The number of benzene rings is 2. The molecule has 34 heavy (non-hydrogen) atoms. The van der Waals surface area contributed by atoms with E-state index < -0.39 is 17.7 Å². The Balaban J connectivity index is 1.52. The lowest BCUT2D eigenvalue weighted by Crippen LogP contribution is -2.42. The highest BCUT2D eigenvalue weighted by Crippen LogP contribution is 2.34. The van der Waals surface area contributed by atoms with Crippen LogP contribution in [0.4, 0.5) is 18.6 Å². The fourth-order valence-electron chi connectivity index (χ4n) is 4.13. The van der Waals surface area contributed by atoms with E-state index in [0.29, 0.717) is 47.5 Å². The molecule has 0 bridgehead atoms. The third-order valence-corrected chi connectivity index (χ3v) is 6.73. The molecule has 2 amide bonds. The molecule has 4 rings (SSSR count). The van der Waals surface area contributed by atoms with Gasteiger partial charge in [-0.25, -0.2) is 18.6 Å². The molecule has 0 saturated carbocycles. The monoisotopic (exact) mass is 488 g/mol. The number of anilines is 1. The van der Waals surface area contributed by atoms with Crippen molar-refractivity contribution in [2.24, 2.45) is 0 Å². The normalized spacial score (nSPS) is 18.2. The van der Waals surface area contributed by atoms with E-state index in [-0.39, 0.29) is 18.6 Å². The minimum atomic E-state index is -0.912.